The molecule has 0 spiro atoms. The van der Waals surface area contributed by atoms with Crippen molar-refractivity contribution in [1.29, 1.82) is 0 Å². The zero-order valence-electron chi connectivity index (χ0n) is 14.3. The molecule has 3 atom stereocenters. The first-order valence-corrected chi connectivity index (χ1v) is 8.42. The van der Waals surface area contributed by atoms with Gasteiger partial charge in [-0.15, -0.1) is 0 Å². The lowest BCUT2D eigenvalue weighted by Crippen LogP contribution is -2.63. The molecule has 1 saturated carbocycles. The third-order valence-corrected chi connectivity index (χ3v) is 5.89. The van der Waals surface area contributed by atoms with Gasteiger partial charge in [0.15, 0.2) is 0 Å². The molecular formula is C17H35N3. The monoisotopic (exact) mass is 281 g/mol. The first-order valence-electron chi connectivity index (χ1n) is 8.42. The zero-order chi connectivity index (χ0) is 15.0. The van der Waals surface area contributed by atoms with Crippen LogP contribution in [-0.2, 0) is 0 Å². The molecule has 0 amide bonds. The second kappa shape index (κ2) is 5.94. The number of nitrogens with zero attached hydrogens (tertiary/aromatic N) is 2. The lowest BCUT2D eigenvalue weighted by Gasteiger charge is -2.54. The van der Waals surface area contributed by atoms with Gasteiger partial charge in [0.25, 0.3) is 0 Å². The quantitative estimate of drug-likeness (QED) is 0.859. The molecule has 1 aliphatic heterocycles. The molecular weight excluding hydrogens is 246 g/mol. The Morgan fingerprint density at radius 2 is 1.95 bits per heavy atom. The molecule has 2 fully saturated rings. The number of likely N-dealkylation sites (N-methyl/N-ethyl adjacent to an activating group) is 1. The lowest BCUT2D eigenvalue weighted by atomic mass is 9.63. The summed E-state index contributed by atoms with van der Waals surface area (Å²) in [6.45, 7) is 10.5. The lowest BCUT2D eigenvalue weighted by molar-refractivity contribution is -0.0335. The van der Waals surface area contributed by atoms with Gasteiger partial charge in [0.05, 0.1) is 0 Å². The van der Waals surface area contributed by atoms with Crippen molar-refractivity contribution in [2.24, 2.45) is 17.1 Å². The van der Waals surface area contributed by atoms with E-state index in [0.717, 1.165) is 6.54 Å². The maximum atomic E-state index is 6.33. The molecule has 20 heavy (non-hydrogen) atoms. The van der Waals surface area contributed by atoms with Crippen molar-refractivity contribution >= 4 is 0 Å². The van der Waals surface area contributed by atoms with E-state index in [9.17, 15) is 0 Å². The fourth-order valence-corrected chi connectivity index (χ4v) is 4.80. The van der Waals surface area contributed by atoms with E-state index in [0.29, 0.717) is 17.4 Å². The Hall–Kier alpha value is -0.120. The second-order valence-electron chi connectivity index (χ2n) is 8.33. The number of rotatable bonds is 4. The summed E-state index contributed by atoms with van der Waals surface area (Å²) in [6.07, 6.45) is 6.60. The van der Waals surface area contributed by atoms with Gasteiger partial charge in [0.1, 0.15) is 0 Å². The van der Waals surface area contributed by atoms with E-state index < -0.39 is 0 Å². The van der Waals surface area contributed by atoms with Crippen molar-refractivity contribution in [2.75, 3.05) is 33.7 Å². The standard InChI is InChI=1S/C17H35N3/c1-14-11-16(2,3)8-9-17(14,13-18)20-10-6-7-15(20)12-19(4)5/h14-15H,6-13,18H2,1-5H3. The molecule has 2 aliphatic rings. The highest BCUT2D eigenvalue weighted by atomic mass is 15.3. The van der Waals surface area contributed by atoms with Crippen LogP contribution in [0.2, 0.25) is 0 Å². The molecule has 1 saturated heterocycles. The SMILES string of the molecule is CC1CC(C)(C)CCC1(CN)N1CCCC1CN(C)C. The summed E-state index contributed by atoms with van der Waals surface area (Å²) in [7, 11) is 4.39. The van der Waals surface area contributed by atoms with Crippen LogP contribution in [0.5, 0.6) is 0 Å². The van der Waals surface area contributed by atoms with Crippen molar-refractivity contribution in [3.05, 3.63) is 0 Å². The summed E-state index contributed by atoms with van der Waals surface area (Å²) in [5.74, 6) is 0.707. The van der Waals surface area contributed by atoms with Crippen LogP contribution in [-0.4, -0.2) is 55.1 Å². The normalized spacial score (nSPS) is 38.5. The van der Waals surface area contributed by atoms with E-state index in [2.05, 4.69) is 44.7 Å². The third kappa shape index (κ3) is 3.05. The average Bonchev–Trinajstić information content (AvgIpc) is 2.77. The van der Waals surface area contributed by atoms with Gasteiger partial charge in [-0.3, -0.25) is 4.90 Å². The maximum absolute atomic E-state index is 6.33. The highest BCUT2D eigenvalue weighted by molar-refractivity contribution is 5.05. The van der Waals surface area contributed by atoms with Crippen LogP contribution < -0.4 is 5.73 Å². The van der Waals surface area contributed by atoms with Crippen LogP contribution in [0, 0.1) is 11.3 Å². The number of likely N-dealkylation sites (tertiary alicyclic amines) is 1. The molecule has 1 heterocycles. The smallest absolute Gasteiger partial charge is 0.0361 e. The molecule has 0 radical (unpaired) electrons. The van der Waals surface area contributed by atoms with Gasteiger partial charge in [0, 0.05) is 24.7 Å². The first kappa shape index (κ1) is 16.3. The molecule has 2 N–H and O–H groups in total. The fraction of sp³-hybridized carbons (Fsp3) is 1.00. The Bertz CT molecular complexity index is 326. The number of hydrogen-bond donors (Lipinski definition) is 1. The predicted molar refractivity (Wildman–Crippen MR) is 86.9 cm³/mol. The van der Waals surface area contributed by atoms with E-state index in [1.807, 2.05) is 0 Å². The summed E-state index contributed by atoms with van der Waals surface area (Å²) in [4.78, 5) is 5.14. The molecule has 3 nitrogen and oxygen atoms in total. The van der Waals surface area contributed by atoms with Gasteiger partial charge in [-0.2, -0.15) is 0 Å². The van der Waals surface area contributed by atoms with Crippen LogP contribution in [0.25, 0.3) is 0 Å². The molecule has 118 valence electrons. The highest BCUT2D eigenvalue weighted by Gasteiger charge is 2.49. The molecule has 2 rings (SSSR count). The van der Waals surface area contributed by atoms with E-state index in [-0.39, 0.29) is 5.54 Å². The Morgan fingerprint density at radius 3 is 2.50 bits per heavy atom. The summed E-state index contributed by atoms with van der Waals surface area (Å²) in [5, 5.41) is 0. The second-order valence-corrected chi connectivity index (χ2v) is 8.33. The minimum absolute atomic E-state index is 0.257. The highest BCUT2D eigenvalue weighted by Crippen LogP contribution is 2.48. The maximum Gasteiger partial charge on any atom is 0.0361 e. The Morgan fingerprint density at radius 1 is 1.25 bits per heavy atom. The topological polar surface area (TPSA) is 32.5 Å². The summed E-state index contributed by atoms with van der Waals surface area (Å²) in [5.41, 5.74) is 7.09. The number of nitrogens with two attached hydrogens (primary N) is 1. The van der Waals surface area contributed by atoms with Crippen LogP contribution in [0.1, 0.15) is 52.9 Å². The van der Waals surface area contributed by atoms with Gasteiger partial charge < -0.3 is 10.6 Å². The summed E-state index contributed by atoms with van der Waals surface area (Å²) in [6, 6.07) is 0.706. The van der Waals surface area contributed by atoms with Crippen molar-refractivity contribution in [1.82, 2.24) is 9.80 Å². The minimum atomic E-state index is 0.257. The molecule has 3 heteroatoms. The zero-order valence-corrected chi connectivity index (χ0v) is 14.3. The van der Waals surface area contributed by atoms with Crippen LogP contribution in [0.3, 0.4) is 0 Å². The Balaban J connectivity index is 2.18. The Kier molecular flexibility index (Phi) is 4.83. The van der Waals surface area contributed by atoms with Gasteiger partial charge in [-0.25, -0.2) is 0 Å². The fourth-order valence-electron chi connectivity index (χ4n) is 4.80. The van der Waals surface area contributed by atoms with Crippen molar-refractivity contribution in [3.63, 3.8) is 0 Å². The molecule has 0 aromatic rings. The molecule has 1 aliphatic carbocycles. The van der Waals surface area contributed by atoms with E-state index >= 15 is 0 Å². The van der Waals surface area contributed by atoms with Gasteiger partial charge in [-0.05, 0) is 64.1 Å². The number of hydrogen-bond acceptors (Lipinski definition) is 3. The van der Waals surface area contributed by atoms with E-state index in [4.69, 9.17) is 5.73 Å². The minimum Gasteiger partial charge on any atom is -0.329 e. The molecule has 3 unspecified atom stereocenters. The van der Waals surface area contributed by atoms with Gasteiger partial charge >= 0.3 is 0 Å². The Labute approximate surface area is 125 Å². The van der Waals surface area contributed by atoms with E-state index in [1.54, 1.807) is 0 Å². The summed E-state index contributed by atoms with van der Waals surface area (Å²) < 4.78 is 0. The van der Waals surface area contributed by atoms with Crippen molar-refractivity contribution in [2.45, 2.75) is 64.5 Å². The largest absolute Gasteiger partial charge is 0.329 e. The first-order chi connectivity index (χ1) is 9.31. The van der Waals surface area contributed by atoms with E-state index in [1.165, 1.54) is 45.2 Å². The van der Waals surface area contributed by atoms with Crippen molar-refractivity contribution < 1.29 is 0 Å². The predicted octanol–water partition coefficient (Wildman–Crippen LogP) is 2.56. The van der Waals surface area contributed by atoms with Gasteiger partial charge in [0.2, 0.25) is 0 Å². The van der Waals surface area contributed by atoms with Gasteiger partial charge in [-0.1, -0.05) is 20.8 Å². The third-order valence-electron chi connectivity index (χ3n) is 5.89. The summed E-state index contributed by atoms with van der Waals surface area (Å²) >= 11 is 0. The van der Waals surface area contributed by atoms with Crippen LogP contribution in [0.15, 0.2) is 0 Å². The average molecular weight is 281 g/mol. The van der Waals surface area contributed by atoms with Crippen LogP contribution >= 0.6 is 0 Å². The van der Waals surface area contributed by atoms with Crippen molar-refractivity contribution in [3.8, 4) is 0 Å². The molecule has 0 aromatic heterocycles. The molecule has 0 aromatic carbocycles. The molecule has 0 bridgehead atoms. The van der Waals surface area contributed by atoms with Crippen LogP contribution in [0.4, 0.5) is 0 Å².